The van der Waals surface area contributed by atoms with Gasteiger partial charge >= 0.3 is 0 Å². The molecule has 1 atom stereocenters. The Labute approximate surface area is 229 Å². The molecule has 8 heteroatoms. The molecule has 1 aliphatic heterocycles. The summed E-state index contributed by atoms with van der Waals surface area (Å²) in [7, 11) is 0. The zero-order valence-corrected chi connectivity index (χ0v) is 22.3. The van der Waals surface area contributed by atoms with E-state index in [0.717, 1.165) is 5.56 Å². The van der Waals surface area contributed by atoms with Gasteiger partial charge in [-0.15, -0.1) is 4.99 Å². The molecule has 7 nitrogen and oxygen atoms in total. The van der Waals surface area contributed by atoms with Crippen molar-refractivity contribution in [1.82, 2.24) is 9.80 Å². The predicted molar refractivity (Wildman–Crippen MR) is 151 cm³/mol. The molecule has 0 saturated carbocycles. The van der Waals surface area contributed by atoms with Gasteiger partial charge in [-0.2, -0.15) is 5.26 Å². The van der Waals surface area contributed by atoms with Gasteiger partial charge in [0.2, 0.25) is 12.2 Å². The summed E-state index contributed by atoms with van der Waals surface area (Å²) in [5, 5.41) is 24.7. The second-order valence-electron chi connectivity index (χ2n) is 9.62. The van der Waals surface area contributed by atoms with Gasteiger partial charge in [0, 0.05) is 37.4 Å². The van der Waals surface area contributed by atoms with E-state index >= 15 is 0 Å². The molecule has 3 aromatic rings. The molecule has 39 heavy (non-hydrogen) atoms. The van der Waals surface area contributed by atoms with Crippen molar-refractivity contribution in [2.45, 2.75) is 32.3 Å². The van der Waals surface area contributed by atoms with Crippen LogP contribution in [-0.2, 0) is 5.60 Å². The molecule has 0 aromatic heterocycles. The van der Waals surface area contributed by atoms with E-state index in [-0.39, 0.29) is 17.6 Å². The van der Waals surface area contributed by atoms with Crippen molar-refractivity contribution in [3.8, 4) is 6.19 Å². The van der Waals surface area contributed by atoms with Crippen LogP contribution >= 0.6 is 0 Å². The SMILES string of the molecule is CCN(CC)C(=O)c1ccc(N/C(=N/C#N)N2CCC(C(O)(c3ccccc3)c3ccc(F)cc3)CC2)cc1. The number of halogens is 1. The van der Waals surface area contributed by atoms with Crippen molar-refractivity contribution in [1.29, 1.82) is 5.26 Å². The normalized spacial score (nSPS) is 15.8. The summed E-state index contributed by atoms with van der Waals surface area (Å²) >= 11 is 0. The first-order valence-electron chi connectivity index (χ1n) is 13.3. The molecular formula is C31H34FN5O2. The topological polar surface area (TPSA) is 92.0 Å². The quantitative estimate of drug-likeness (QED) is 0.250. The lowest BCUT2D eigenvalue weighted by Crippen LogP contribution is -2.47. The first-order valence-corrected chi connectivity index (χ1v) is 13.3. The summed E-state index contributed by atoms with van der Waals surface area (Å²) in [6.07, 6.45) is 3.14. The van der Waals surface area contributed by atoms with Crippen LogP contribution in [0.1, 0.15) is 48.2 Å². The number of carbonyl (C=O) groups is 1. The minimum Gasteiger partial charge on any atom is -0.380 e. The fourth-order valence-electron chi connectivity index (χ4n) is 5.29. The summed E-state index contributed by atoms with van der Waals surface area (Å²) in [6, 6.07) is 22.7. The molecular weight excluding hydrogens is 493 g/mol. The van der Waals surface area contributed by atoms with E-state index in [1.807, 2.05) is 55.3 Å². The number of likely N-dealkylation sites (tertiary alicyclic amines) is 1. The van der Waals surface area contributed by atoms with Crippen LogP contribution in [0.15, 0.2) is 83.9 Å². The van der Waals surface area contributed by atoms with E-state index in [0.29, 0.717) is 61.8 Å². The molecule has 0 radical (unpaired) electrons. The van der Waals surface area contributed by atoms with Gasteiger partial charge in [-0.3, -0.25) is 4.79 Å². The average molecular weight is 528 g/mol. The summed E-state index contributed by atoms with van der Waals surface area (Å²) < 4.78 is 13.7. The molecule has 1 saturated heterocycles. The number of nitrogens with one attached hydrogen (secondary N) is 1. The number of aliphatic imine (C=N–C) groups is 1. The fraction of sp³-hybridized carbons (Fsp3) is 0.323. The van der Waals surface area contributed by atoms with Crippen molar-refractivity contribution >= 4 is 17.6 Å². The molecule has 1 heterocycles. The van der Waals surface area contributed by atoms with Crippen LogP contribution in [0.25, 0.3) is 0 Å². The van der Waals surface area contributed by atoms with Crippen molar-refractivity contribution in [3.05, 3.63) is 101 Å². The number of guanidine groups is 1. The van der Waals surface area contributed by atoms with Crippen LogP contribution in [0.5, 0.6) is 0 Å². The van der Waals surface area contributed by atoms with Gasteiger partial charge in [0.15, 0.2) is 0 Å². The third-order valence-corrected chi connectivity index (χ3v) is 7.48. The van der Waals surface area contributed by atoms with Crippen molar-refractivity contribution in [2.24, 2.45) is 10.9 Å². The van der Waals surface area contributed by atoms with Crippen LogP contribution in [0.2, 0.25) is 0 Å². The number of anilines is 1. The summed E-state index contributed by atoms with van der Waals surface area (Å²) in [4.78, 5) is 20.4. The van der Waals surface area contributed by atoms with Crippen LogP contribution in [-0.4, -0.2) is 53.0 Å². The average Bonchev–Trinajstić information content (AvgIpc) is 2.98. The molecule has 1 aliphatic rings. The van der Waals surface area contributed by atoms with E-state index in [9.17, 15) is 19.6 Å². The van der Waals surface area contributed by atoms with Crippen LogP contribution < -0.4 is 5.32 Å². The first kappa shape index (κ1) is 27.8. The third-order valence-electron chi connectivity index (χ3n) is 7.48. The number of aliphatic hydroxyl groups is 1. The molecule has 1 fully saturated rings. The highest BCUT2D eigenvalue weighted by Gasteiger charge is 2.42. The Morgan fingerprint density at radius 3 is 2.18 bits per heavy atom. The van der Waals surface area contributed by atoms with Crippen molar-refractivity contribution < 1.29 is 14.3 Å². The number of rotatable bonds is 7. The van der Waals surface area contributed by atoms with Crippen LogP contribution in [0.3, 0.4) is 0 Å². The van der Waals surface area contributed by atoms with Crippen molar-refractivity contribution in [3.63, 3.8) is 0 Å². The number of nitriles is 1. The number of amides is 1. The van der Waals surface area contributed by atoms with E-state index in [1.165, 1.54) is 12.1 Å². The number of benzene rings is 3. The Morgan fingerprint density at radius 1 is 1.03 bits per heavy atom. The van der Waals surface area contributed by atoms with E-state index in [4.69, 9.17) is 0 Å². The maximum absolute atomic E-state index is 13.7. The maximum Gasteiger partial charge on any atom is 0.253 e. The molecule has 3 aromatic carbocycles. The number of carbonyl (C=O) groups excluding carboxylic acids is 1. The number of hydrogen-bond acceptors (Lipinski definition) is 4. The van der Waals surface area contributed by atoms with E-state index in [1.54, 1.807) is 41.3 Å². The lowest BCUT2D eigenvalue weighted by atomic mass is 9.72. The smallest absolute Gasteiger partial charge is 0.253 e. The molecule has 0 aliphatic carbocycles. The monoisotopic (exact) mass is 527 g/mol. The summed E-state index contributed by atoms with van der Waals surface area (Å²) in [5.41, 5.74) is 1.45. The predicted octanol–water partition coefficient (Wildman–Crippen LogP) is 5.20. The Balaban J connectivity index is 1.49. The summed E-state index contributed by atoms with van der Waals surface area (Å²) in [6.45, 7) is 6.31. The molecule has 2 N–H and O–H groups in total. The van der Waals surface area contributed by atoms with Gasteiger partial charge in [0.25, 0.3) is 5.91 Å². The Kier molecular flexibility index (Phi) is 8.95. The largest absolute Gasteiger partial charge is 0.380 e. The van der Waals surface area contributed by atoms with Gasteiger partial charge in [-0.05, 0) is 80.1 Å². The minimum atomic E-state index is -1.28. The van der Waals surface area contributed by atoms with E-state index in [2.05, 4.69) is 10.3 Å². The minimum absolute atomic E-state index is 0.0217. The second kappa shape index (κ2) is 12.5. The van der Waals surface area contributed by atoms with Crippen molar-refractivity contribution in [2.75, 3.05) is 31.5 Å². The van der Waals surface area contributed by atoms with Gasteiger partial charge in [0.05, 0.1) is 0 Å². The zero-order chi connectivity index (χ0) is 27.8. The number of hydrogen-bond donors (Lipinski definition) is 2. The van der Waals surface area contributed by atoms with E-state index < -0.39 is 5.60 Å². The zero-order valence-electron chi connectivity index (χ0n) is 22.3. The van der Waals surface area contributed by atoms with Gasteiger partial charge in [0.1, 0.15) is 11.4 Å². The second-order valence-corrected chi connectivity index (χ2v) is 9.62. The van der Waals surface area contributed by atoms with Crippen LogP contribution in [0, 0.1) is 23.2 Å². The molecule has 202 valence electrons. The highest BCUT2D eigenvalue weighted by atomic mass is 19.1. The van der Waals surface area contributed by atoms with Gasteiger partial charge < -0.3 is 20.2 Å². The maximum atomic E-state index is 13.7. The van der Waals surface area contributed by atoms with Gasteiger partial charge in [-0.1, -0.05) is 42.5 Å². The third kappa shape index (κ3) is 6.10. The molecule has 4 rings (SSSR count). The Morgan fingerprint density at radius 2 is 1.62 bits per heavy atom. The summed E-state index contributed by atoms with van der Waals surface area (Å²) in [5.74, 6) is -0.0800. The highest BCUT2D eigenvalue weighted by molar-refractivity contribution is 5.97. The lowest BCUT2D eigenvalue weighted by molar-refractivity contribution is -0.00658. The number of nitrogens with zero attached hydrogens (tertiary/aromatic N) is 4. The van der Waals surface area contributed by atoms with Gasteiger partial charge in [-0.25, -0.2) is 4.39 Å². The Bertz CT molecular complexity index is 1310. The lowest BCUT2D eigenvalue weighted by Gasteiger charge is -2.43. The first-order chi connectivity index (χ1) is 18.9. The molecule has 1 unspecified atom stereocenters. The van der Waals surface area contributed by atoms with Crippen LogP contribution in [0.4, 0.5) is 10.1 Å². The number of piperidine rings is 1. The Hall–Kier alpha value is -4.22. The molecule has 0 bridgehead atoms. The fourth-order valence-corrected chi connectivity index (χ4v) is 5.29. The molecule has 1 amide bonds. The molecule has 0 spiro atoms. The highest BCUT2D eigenvalue weighted by Crippen LogP contribution is 2.42. The standard InChI is InChI=1S/C31H34FN5O2/c1-3-36(4-2)29(38)23-10-16-28(17-11-23)35-30(34-22-33)37-20-18-26(19-21-37)31(39,24-8-6-5-7-9-24)25-12-14-27(32)15-13-25/h5-17,26,39H,3-4,18-21H2,1-2H3,(H,34,35).